The third-order valence-electron chi connectivity index (χ3n) is 1.78. The number of allylic oxidation sites excluding steroid dienone is 1. The highest BCUT2D eigenvalue weighted by Gasteiger charge is 1.92. The van der Waals surface area contributed by atoms with Crippen LogP contribution in [0.5, 0.6) is 0 Å². The fraction of sp³-hybridized carbons (Fsp3) is 0.182. The highest BCUT2D eigenvalue weighted by Crippen LogP contribution is 2.11. The molecule has 0 spiro atoms. The molecule has 68 valence electrons. The molecule has 0 atom stereocenters. The molecule has 0 fully saturated rings. The van der Waals surface area contributed by atoms with Gasteiger partial charge in [-0.1, -0.05) is 30.3 Å². The Balaban J connectivity index is 2.62. The maximum Gasteiger partial charge on any atom is 0.293 e. The number of rotatable bonds is 4. The largest absolute Gasteiger partial charge is 0.464 e. The van der Waals surface area contributed by atoms with E-state index in [0.717, 1.165) is 11.1 Å². The van der Waals surface area contributed by atoms with Crippen LogP contribution >= 0.6 is 0 Å². The van der Waals surface area contributed by atoms with Gasteiger partial charge in [-0.3, -0.25) is 4.79 Å². The lowest BCUT2D eigenvalue weighted by atomic mass is 10.1. The Morgan fingerprint density at radius 1 is 1.38 bits per heavy atom. The molecule has 0 aliphatic rings. The maximum atomic E-state index is 9.87. The van der Waals surface area contributed by atoms with Gasteiger partial charge in [-0.2, -0.15) is 0 Å². The standard InChI is InChI=1S/C11H12O2/c1-10(7-8-13-9-12)11-5-3-2-4-6-11/h2-7,9H,8H2,1H3/b10-7+. The van der Waals surface area contributed by atoms with Gasteiger partial charge in [0.1, 0.15) is 6.61 Å². The molecule has 0 aliphatic heterocycles. The van der Waals surface area contributed by atoms with Gasteiger partial charge in [0.2, 0.25) is 0 Å². The summed E-state index contributed by atoms with van der Waals surface area (Å²) in [7, 11) is 0. The van der Waals surface area contributed by atoms with Crippen molar-refractivity contribution in [2.24, 2.45) is 0 Å². The summed E-state index contributed by atoms with van der Waals surface area (Å²) in [4.78, 5) is 9.87. The van der Waals surface area contributed by atoms with Crippen LogP contribution < -0.4 is 0 Å². The second-order valence-electron chi connectivity index (χ2n) is 2.68. The van der Waals surface area contributed by atoms with Crippen LogP contribution in [-0.2, 0) is 9.53 Å². The summed E-state index contributed by atoms with van der Waals surface area (Å²) in [6.07, 6.45) is 1.88. The van der Waals surface area contributed by atoms with Crippen LogP contribution in [0.1, 0.15) is 12.5 Å². The lowest BCUT2D eigenvalue weighted by molar-refractivity contribution is -0.127. The first-order valence-electron chi connectivity index (χ1n) is 4.12. The van der Waals surface area contributed by atoms with Crippen LogP contribution in [0.2, 0.25) is 0 Å². The normalized spacial score (nSPS) is 11.0. The first-order valence-corrected chi connectivity index (χ1v) is 4.12. The summed E-state index contributed by atoms with van der Waals surface area (Å²) in [5.74, 6) is 0. The zero-order chi connectivity index (χ0) is 9.52. The van der Waals surface area contributed by atoms with Crippen molar-refractivity contribution in [1.82, 2.24) is 0 Å². The quantitative estimate of drug-likeness (QED) is 0.519. The van der Waals surface area contributed by atoms with E-state index in [2.05, 4.69) is 4.74 Å². The highest BCUT2D eigenvalue weighted by atomic mass is 16.5. The molecule has 0 aliphatic carbocycles. The Labute approximate surface area is 77.8 Å². The molecule has 0 amide bonds. The molecule has 0 N–H and O–H groups in total. The van der Waals surface area contributed by atoms with Crippen molar-refractivity contribution in [3.05, 3.63) is 42.0 Å². The molecular formula is C11H12O2. The second-order valence-corrected chi connectivity index (χ2v) is 2.68. The van der Waals surface area contributed by atoms with E-state index in [9.17, 15) is 4.79 Å². The summed E-state index contributed by atoms with van der Waals surface area (Å²) in [6.45, 7) is 2.78. The second kappa shape index (κ2) is 5.14. The van der Waals surface area contributed by atoms with Gasteiger partial charge in [-0.25, -0.2) is 0 Å². The zero-order valence-corrected chi connectivity index (χ0v) is 7.57. The molecular weight excluding hydrogens is 164 g/mol. The Kier molecular flexibility index (Phi) is 3.76. The molecule has 0 unspecified atom stereocenters. The van der Waals surface area contributed by atoms with Crippen LogP contribution in [-0.4, -0.2) is 13.1 Å². The van der Waals surface area contributed by atoms with Gasteiger partial charge in [0.05, 0.1) is 0 Å². The Bertz CT molecular complexity index is 288. The third kappa shape index (κ3) is 3.11. The molecule has 1 aromatic rings. The zero-order valence-electron chi connectivity index (χ0n) is 7.57. The summed E-state index contributed by atoms with van der Waals surface area (Å²) in [6, 6.07) is 9.97. The van der Waals surface area contributed by atoms with E-state index >= 15 is 0 Å². The highest BCUT2D eigenvalue weighted by molar-refractivity contribution is 5.63. The van der Waals surface area contributed by atoms with Crippen LogP contribution in [0, 0.1) is 0 Å². The van der Waals surface area contributed by atoms with Crippen molar-refractivity contribution in [2.45, 2.75) is 6.92 Å². The molecule has 1 rings (SSSR count). The van der Waals surface area contributed by atoms with Gasteiger partial charge in [0.25, 0.3) is 6.47 Å². The summed E-state index contributed by atoms with van der Waals surface area (Å²) >= 11 is 0. The van der Waals surface area contributed by atoms with Gasteiger partial charge in [-0.05, 0) is 24.1 Å². The molecule has 0 bridgehead atoms. The topological polar surface area (TPSA) is 26.3 Å². The lowest BCUT2D eigenvalue weighted by Gasteiger charge is -2.00. The van der Waals surface area contributed by atoms with Gasteiger partial charge < -0.3 is 4.74 Å². The lowest BCUT2D eigenvalue weighted by Crippen LogP contribution is -1.88. The SMILES string of the molecule is C/C(=C\COC=O)c1ccccc1. The minimum Gasteiger partial charge on any atom is -0.464 e. The van der Waals surface area contributed by atoms with Gasteiger partial charge in [0.15, 0.2) is 0 Å². The number of carbonyl (C=O) groups excluding carboxylic acids is 1. The average molecular weight is 176 g/mol. The van der Waals surface area contributed by atoms with Crippen molar-refractivity contribution in [3.63, 3.8) is 0 Å². The van der Waals surface area contributed by atoms with Gasteiger partial charge in [0, 0.05) is 0 Å². The minimum atomic E-state index is 0.338. The van der Waals surface area contributed by atoms with E-state index in [1.54, 1.807) is 0 Å². The van der Waals surface area contributed by atoms with Crippen molar-refractivity contribution in [1.29, 1.82) is 0 Å². The van der Waals surface area contributed by atoms with Crippen molar-refractivity contribution >= 4 is 12.0 Å². The summed E-state index contributed by atoms with van der Waals surface area (Å²) in [5.41, 5.74) is 2.26. The van der Waals surface area contributed by atoms with Crippen LogP contribution in [0.25, 0.3) is 5.57 Å². The molecule has 0 radical (unpaired) electrons. The van der Waals surface area contributed by atoms with E-state index in [4.69, 9.17) is 0 Å². The van der Waals surface area contributed by atoms with Crippen molar-refractivity contribution in [2.75, 3.05) is 6.61 Å². The fourth-order valence-corrected chi connectivity index (χ4v) is 1.03. The Hall–Kier alpha value is -1.57. The van der Waals surface area contributed by atoms with E-state index in [-0.39, 0.29) is 0 Å². The smallest absolute Gasteiger partial charge is 0.293 e. The van der Waals surface area contributed by atoms with E-state index in [1.165, 1.54) is 0 Å². The van der Waals surface area contributed by atoms with E-state index in [0.29, 0.717) is 13.1 Å². The average Bonchev–Trinajstić information content (AvgIpc) is 2.19. The predicted octanol–water partition coefficient (Wildman–Crippen LogP) is 2.26. The molecule has 0 aromatic heterocycles. The van der Waals surface area contributed by atoms with Crippen LogP contribution in [0.4, 0.5) is 0 Å². The Morgan fingerprint density at radius 2 is 2.08 bits per heavy atom. The number of ether oxygens (including phenoxy) is 1. The fourth-order valence-electron chi connectivity index (χ4n) is 1.03. The summed E-state index contributed by atoms with van der Waals surface area (Å²) < 4.78 is 4.57. The van der Waals surface area contributed by atoms with Gasteiger partial charge >= 0.3 is 0 Å². The molecule has 0 saturated carbocycles. The van der Waals surface area contributed by atoms with Gasteiger partial charge in [-0.15, -0.1) is 0 Å². The van der Waals surface area contributed by atoms with Crippen molar-refractivity contribution < 1.29 is 9.53 Å². The minimum absolute atomic E-state index is 0.338. The molecule has 2 nitrogen and oxygen atoms in total. The third-order valence-corrected chi connectivity index (χ3v) is 1.78. The molecule has 0 heterocycles. The molecule has 13 heavy (non-hydrogen) atoms. The predicted molar refractivity (Wildman–Crippen MR) is 52.1 cm³/mol. The maximum absolute atomic E-state index is 9.87. The monoisotopic (exact) mass is 176 g/mol. The number of hydrogen-bond donors (Lipinski definition) is 0. The van der Waals surface area contributed by atoms with Crippen LogP contribution in [0.3, 0.4) is 0 Å². The summed E-state index contributed by atoms with van der Waals surface area (Å²) in [5, 5.41) is 0. The molecule has 2 heteroatoms. The van der Waals surface area contributed by atoms with Crippen molar-refractivity contribution in [3.8, 4) is 0 Å². The van der Waals surface area contributed by atoms with Crippen LogP contribution in [0.15, 0.2) is 36.4 Å². The number of hydrogen-bond acceptors (Lipinski definition) is 2. The van der Waals surface area contributed by atoms with E-state index in [1.807, 2.05) is 43.3 Å². The Morgan fingerprint density at radius 3 is 2.69 bits per heavy atom. The number of carbonyl (C=O) groups is 1. The molecule has 0 saturated heterocycles. The number of benzene rings is 1. The first-order chi connectivity index (χ1) is 6.34. The van der Waals surface area contributed by atoms with E-state index < -0.39 is 0 Å². The molecule has 1 aromatic carbocycles. The first kappa shape index (κ1) is 9.52.